The van der Waals surface area contributed by atoms with Crippen LogP contribution in [0.3, 0.4) is 0 Å². The van der Waals surface area contributed by atoms with Crippen molar-refractivity contribution in [2.24, 2.45) is 0 Å². The van der Waals surface area contributed by atoms with Gasteiger partial charge in [0.05, 0.1) is 28.1 Å². The van der Waals surface area contributed by atoms with Crippen LogP contribution in [-0.4, -0.2) is 48.5 Å². The van der Waals surface area contributed by atoms with Crippen LogP contribution in [0.5, 0.6) is 0 Å². The molecule has 31 heavy (non-hydrogen) atoms. The Morgan fingerprint density at radius 2 is 1.65 bits per heavy atom. The molecule has 0 spiro atoms. The van der Waals surface area contributed by atoms with Crippen LogP contribution in [-0.2, 0) is 30.7 Å². The Morgan fingerprint density at radius 3 is 2.19 bits per heavy atom. The van der Waals surface area contributed by atoms with E-state index in [0.717, 1.165) is 0 Å². The normalized spacial score (nSPS) is 20.0. The van der Waals surface area contributed by atoms with E-state index in [1.54, 1.807) is 60.0 Å². The minimum absolute atomic E-state index is 0.0239. The summed E-state index contributed by atoms with van der Waals surface area (Å²) in [7, 11) is -3.17. The summed E-state index contributed by atoms with van der Waals surface area (Å²) in [5, 5.41) is 3.63. The summed E-state index contributed by atoms with van der Waals surface area (Å²) in [4.78, 5) is 37.5. The summed E-state index contributed by atoms with van der Waals surface area (Å²) in [6.07, 6.45) is 0.324. The number of para-hydroxylation sites is 2. The summed E-state index contributed by atoms with van der Waals surface area (Å²) in [6, 6.07) is 14.0. The molecule has 0 radical (unpaired) electrons. The van der Waals surface area contributed by atoms with Gasteiger partial charge in [-0.15, -0.1) is 0 Å². The second-order valence-corrected chi connectivity index (χ2v) is 10.2. The number of sulfone groups is 1. The van der Waals surface area contributed by atoms with Crippen LogP contribution in [0.4, 0.5) is 0 Å². The van der Waals surface area contributed by atoms with E-state index in [0.29, 0.717) is 28.2 Å². The zero-order valence-corrected chi connectivity index (χ0v) is 17.8. The highest BCUT2D eigenvalue weighted by atomic mass is 32.2. The fourth-order valence-corrected chi connectivity index (χ4v) is 6.14. The molecule has 1 aliphatic rings. The van der Waals surface area contributed by atoms with Crippen molar-refractivity contribution in [3.8, 4) is 0 Å². The van der Waals surface area contributed by atoms with E-state index >= 15 is 0 Å². The minimum Gasteiger partial charge on any atom is -0.454 e. The highest BCUT2D eigenvalue weighted by Crippen LogP contribution is 2.23. The third kappa shape index (κ3) is 4.32. The average Bonchev–Trinajstić information content (AvgIpc) is 3.02. The zero-order valence-electron chi connectivity index (χ0n) is 17.0. The highest BCUT2D eigenvalue weighted by Gasteiger charge is 2.39. The standard InChI is InChI=1S/C22H22N2O6S/c1-22(10-11-31(28,29)14-22)23-19(25)13-30-20(26)12-24-17-8-4-2-6-15(17)21(27)16-7-3-5-9-18(16)24/h2-9H,10-14H2,1H3,(H,23,25). The lowest BCUT2D eigenvalue weighted by Gasteiger charge is -2.23. The van der Waals surface area contributed by atoms with Crippen LogP contribution in [0, 0.1) is 0 Å². The number of fused-ring (bicyclic) bond motifs is 2. The van der Waals surface area contributed by atoms with Gasteiger partial charge in [0.15, 0.2) is 21.9 Å². The topological polar surface area (TPSA) is 112 Å². The quantitative estimate of drug-likeness (QED) is 0.472. The molecule has 0 bridgehead atoms. The smallest absolute Gasteiger partial charge is 0.326 e. The summed E-state index contributed by atoms with van der Waals surface area (Å²) < 4.78 is 30.2. The number of ether oxygens (including phenoxy) is 1. The molecule has 1 aromatic heterocycles. The van der Waals surface area contributed by atoms with E-state index in [9.17, 15) is 22.8 Å². The molecule has 0 saturated carbocycles. The summed E-state index contributed by atoms with van der Waals surface area (Å²) >= 11 is 0. The highest BCUT2D eigenvalue weighted by molar-refractivity contribution is 7.91. The van der Waals surface area contributed by atoms with E-state index in [1.807, 2.05) is 0 Å². The Morgan fingerprint density at radius 1 is 1.06 bits per heavy atom. The largest absolute Gasteiger partial charge is 0.454 e. The number of benzene rings is 2. The lowest BCUT2D eigenvalue weighted by atomic mass is 10.0. The van der Waals surface area contributed by atoms with Gasteiger partial charge in [0.2, 0.25) is 0 Å². The van der Waals surface area contributed by atoms with Gasteiger partial charge in [-0.25, -0.2) is 8.42 Å². The van der Waals surface area contributed by atoms with Crippen molar-refractivity contribution < 1.29 is 22.7 Å². The molecule has 0 aliphatic carbocycles. The van der Waals surface area contributed by atoms with Gasteiger partial charge in [-0.05, 0) is 37.6 Å². The fraction of sp³-hybridized carbons (Fsp3) is 0.318. The van der Waals surface area contributed by atoms with E-state index in [2.05, 4.69) is 5.32 Å². The van der Waals surface area contributed by atoms with Gasteiger partial charge in [0, 0.05) is 10.8 Å². The van der Waals surface area contributed by atoms with Crippen LogP contribution >= 0.6 is 0 Å². The van der Waals surface area contributed by atoms with Crippen molar-refractivity contribution >= 4 is 43.5 Å². The molecule has 1 N–H and O–H groups in total. The summed E-state index contributed by atoms with van der Waals surface area (Å²) in [6.45, 7) is 0.973. The molecule has 162 valence electrons. The first-order valence-corrected chi connectivity index (χ1v) is 11.7. The van der Waals surface area contributed by atoms with Crippen molar-refractivity contribution in [2.75, 3.05) is 18.1 Å². The lowest BCUT2D eigenvalue weighted by Crippen LogP contribution is -2.48. The maximum absolute atomic E-state index is 12.8. The van der Waals surface area contributed by atoms with Gasteiger partial charge in [0.25, 0.3) is 5.91 Å². The number of aromatic nitrogens is 1. The number of esters is 1. The van der Waals surface area contributed by atoms with Crippen LogP contribution in [0.2, 0.25) is 0 Å². The third-order valence-electron chi connectivity index (χ3n) is 5.47. The molecular formula is C22H22N2O6S. The number of carbonyl (C=O) groups is 2. The van der Waals surface area contributed by atoms with Gasteiger partial charge in [0.1, 0.15) is 6.54 Å². The maximum Gasteiger partial charge on any atom is 0.326 e. The second kappa shape index (κ2) is 7.81. The first kappa shape index (κ1) is 21.0. The fourth-order valence-electron chi connectivity index (χ4n) is 4.05. The molecule has 2 aromatic carbocycles. The predicted octanol–water partition coefficient (Wildman–Crippen LogP) is 1.39. The van der Waals surface area contributed by atoms with Gasteiger partial charge < -0.3 is 14.6 Å². The van der Waals surface area contributed by atoms with Crippen molar-refractivity contribution in [1.82, 2.24) is 9.88 Å². The van der Waals surface area contributed by atoms with Crippen molar-refractivity contribution in [3.05, 3.63) is 58.8 Å². The Labute approximate surface area is 178 Å². The van der Waals surface area contributed by atoms with E-state index in [4.69, 9.17) is 4.74 Å². The molecule has 1 atom stereocenters. The third-order valence-corrected chi connectivity index (χ3v) is 7.38. The molecule has 3 aromatic rings. The zero-order chi connectivity index (χ0) is 22.2. The number of pyridine rings is 1. The van der Waals surface area contributed by atoms with E-state index in [1.165, 1.54) is 0 Å². The monoisotopic (exact) mass is 442 g/mol. The van der Waals surface area contributed by atoms with Crippen molar-refractivity contribution in [1.29, 1.82) is 0 Å². The van der Waals surface area contributed by atoms with Gasteiger partial charge >= 0.3 is 5.97 Å². The summed E-state index contributed by atoms with van der Waals surface area (Å²) in [5.41, 5.74) is 0.218. The van der Waals surface area contributed by atoms with Crippen molar-refractivity contribution in [3.63, 3.8) is 0 Å². The molecule has 1 fully saturated rings. The number of rotatable bonds is 5. The molecule has 4 rings (SSSR count). The van der Waals surface area contributed by atoms with Crippen LogP contribution < -0.4 is 10.7 Å². The van der Waals surface area contributed by atoms with Crippen LogP contribution in [0.1, 0.15) is 13.3 Å². The molecule has 1 saturated heterocycles. The van der Waals surface area contributed by atoms with E-state index in [-0.39, 0.29) is 23.5 Å². The van der Waals surface area contributed by atoms with Crippen LogP contribution in [0.25, 0.3) is 21.8 Å². The van der Waals surface area contributed by atoms with Gasteiger partial charge in [-0.3, -0.25) is 14.4 Å². The van der Waals surface area contributed by atoms with E-state index < -0.39 is 33.9 Å². The predicted molar refractivity (Wildman–Crippen MR) is 116 cm³/mol. The van der Waals surface area contributed by atoms with Gasteiger partial charge in [-0.2, -0.15) is 0 Å². The number of hydrogen-bond acceptors (Lipinski definition) is 6. The Kier molecular flexibility index (Phi) is 5.30. The Bertz CT molecular complexity index is 1300. The minimum atomic E-state index is -3.17. The number of nitrogens with one attached hydrogen (secondary N) is 1. The number of carbonyl (C=O) groups excluding carboxylic acids is 2. The summed E-state index contributed by atoms with van der Waals surface area (Å²) in [5.74, 6) is -1.30. The van der Waals surface area contributed by atoms with Crippen molar-refractivity contribution in [2.45, 2.75) is 25.4 Å². The lowest BCUT2D eigenvalue weighted by molar-refractivity contribution is -0.149. The first-order chi connectivity index (χ1) is 14.7. The number of amides is 1. The van der Waals surface area contributed by atoms with Crippen LogP contribution in [0.15, 0.2) is 53.3 Å². The molecule has 1 amide bonds. The number of nitrogens with zero attached hydrogens (tertiary/aromatic N) is 1. The Balaban J connectivity index is 1.51. The first-order valence-electron chi connectivity index (χ1n) is 9.85. The molecule has 1 aliphatic heterocycles. The molecule has 2 heterocycles. The Hall–Kier alpha value is -3.20. The second-order valence-electron chi connectivity index (χ2n) is 8.06. The SMILES string of the molecule is CC1(NC(=O)COC(=O)Cn2c3ccccc3c(=O)c3ccccc32)CCS(=O)(=O)C1. The molecule has 1 unspecified atom stereocenters. The molecular weight excluding hydrogens is 420 g/mol. The molecule has 8 nitrogen and oxygen atoms in total. The maximum atomic E-state index is 12.8. The number of hydrogen-bond donors (Lipinski definition) is 1. The van der Waals surface area contributed by atoms with Gasteiger partial charge in [-0.1, -0.05) is 24.3 Å². The molecule has 9 heteroatoms. The average molecular weight is 442 g/mol.